The van der Waals surface area contributed by atoms with E-state index in [0.29, 0.717) is 6.04 Å². The first-order valence-corrected chi connectivity index (χ1v) is 8.24. The molecule has 3 heteroatoms. The van der Waals surface area contributed by atoms with E-state index in [9.17, 15) is 0 Å². The molecule has 0 saturated heterocycles. The number of benzene rings is 1. The molecule has 1 saturated carbocycles. The zero-order valence-electron chi connectivity index (χ0n) is 13.9. The molecule has 1 atom stereocenters. The molecule has 1 fully saturated rings. The van der Waals surface area contributed by atoms with E-state index in [1.807, 2.05) is 7.05 Å². The molecule has 21 heavy (non-hydrogen) atoms. The van der Waals surface area contributed by atoms with Crippen molar-refractivity contribution in [2.24, 2.45) is 0 Å². The molecular formula is C18H30N2O. The number of hydrogen-bond donors (Lipinski definition) is 1. The molecule has 0 aliphatic heterocycles. The van der Waals surface area contributed by atoms with Crippen LogP contribution in [0.15, 0.2) is 24.3 Å². The maximum absolute atomic E-state index is 5.71. The van der Waals surface area contributed by atoms with Gasteiger partial charge in [0.15, 0.2) is 0 Å². The van der Waals surface area contributed by atoms with Gasteiger partial charge in [-0.05, 0) is 58.5 Å². The summed E-state index contributed by atoms with van der Waals surface area (Å²) in [6, 6.07) is 9.67. The molecule has 0 aromatic heterocycles. The molecule has 118 valence electrons. The van der Waals surface area contributed by atoms with Crippen LogP contribution in [0.3, 0.4) is 0 Å². The standard InChI is InChI=1S/C18H30N2O/c1-14(2)21-17-11-9-15(10-12-17)18(19-3)13-20(4)16-7-5-6-8-16/h9-12,14,16,18-19H,5-8,13H2,1-4H3. The Labute approximate surface area is 129 Å². The minimum Gasteiger partial charge on any atom is -0.491 e. The van der Waals surface area contributed by atoms with Crippen LogP contribution in [0.25, 0.3) is 0 Å². The Kier molecular flexibility index (Phi) is 6.07. The summed E-state index contributed by atoms with van der Waals surface area (Å²) in [7, 11) is 4.31. The summed E-state index contributed by atoms with van der Waals surface area (Å²) in [5.41, 5.74) is 1.33. The van der Waals surface area contributed by atoms with Gasteiger partial charge in [-0.15, -0.1) is 0 Å². The van der Waals surface area contributed by atoms with E-state index in [0.717, 1.165) is 18.3 Å². The van der Waals surface area contributed by atoms with Gasteiger partial charge in [0.2, 0.25) is 0 Å². The number of rotatable bonds is 7. The molecule has 1 N–H and O–H groups in total. The van der Waals surface area contributed by atoms with Crippen LogP contribution in [-0.4, -0.2) is 37.7 Å². The highest BCUT2D eigenvalue weighted by atomic mass is 16.5. The number of nitrogens with zero attached hydrogens (tertiary/aromatic N) is 1. The van der Waals surface area contributed by atoms with Crippen molar-refractivity contribution in [2.75, 3.05) is 20.6 Å². The predicted octanol–water partition coefficient (Wildman–Crippen LogP) is 3.61. The minimum absolute atomic E-state index is 0.226. The molecular weight excluding hydrogens is 260 g/mol. The Bertz CT molecular complexity index is 410. The maximum atomic E-state index is 5.71. The van der Waals surface area contributed by atoms with E-state index in [-0.39, 0.29) is 6.10 Å². The van der Waals surface area contributed by atoms with Crippen molar-refractivity contribution in [2.45, 2.75) is 57.7 Å². The lowest BCUT2D eigenvalue weighted by molar-refractivity contribution is 0.222. The summed E-state index contributed by atoms with van der Waals surface area (Å²) in [5.74, 6) is 0.952. The van der Waals surface area contributed by atoms with E-state index in [2.05, 4.69) is 55.4 Å². The van der Waals surface area contributed by atoms with E-state index < -0.39 is 0 Å². The molecule has 0 heterocycles. The first kappa shape index (κ1) is 16.3. The topological polar surface area (TPSA) is 24.5 Å². The summed E-state index contributed by atoms with van der Waals surface area (Å²) in [4.78, 5) is 2.52. The van der Waals surface area contributed by atoms with Gasteiger partial charge >= 0.3 is 0 Å². The van der Waals surface area contributed by atoms with Crippen LogP contribution in [0.2, 0.25) is 0 Å². The van der Waals surface area contributed by atoms with Crippen LogP contribution in [0.5, 0.6) is 5.75 Å². The largest absolute Gasteiger partial charge is 0.491 e. The van der Waals surface area contributed by atoms with Crippen molar-refractivity contribution < 1.29 is 4.74 Å². The quantitative estimate of drug-likeness (QED) is 0.830. The lowest BCUT2D eigenvalue weighted by Crippen LogP contribution is -2.36. The summed E-state index contributed by atoms with van der Waals surface area (Å²) < 4.78 is 5.71. The second kappa shape index (κ2) is 7.81. The van der Waals surface area contributed by atoms with Gasteiger partial charge in [-0.2, -0.15) is 0 Å². The van der Waals surface area contributed by atoms with Gasteiger partial charge in [0.05, 0.1) is 6.10 Å². The van der Waals surface area contributed by atoms with Gasteiger partial charge in [-0.1, -0.05) is 25.0 Å². The zero-order chi connectivity index (χ0) is 15.2. The highest BCUT2D eigenvalue weighted by Gasteiger charge is 2.22. The maximum Gasteiger partial charge on any atom is 0.119 e. The number of hydrogen-bond acceptors (Lipinski definition) is 3. The summed E-state index contributed by atoms with van der Waals surface area (Å²) in [5, 5.41) is 3.45. The van der Waals surface area contributed by atoms with Crippen molar-refractivity contribution in [1.29, 1.82) is 0 Å². The normalized spacial score (nSPS) is 17.6. The fraction of sp³-hybridized carbons (Fsp3) is 0.667. The summed E-state index contributed by atoms with van der Waals surface area (Å²) in [6.45, 7) is 5.17. The fourth-order valence-corrected chi connectivity index (χ4v) is 3.20. The lowest BCUT2D eigenvalue weighted by atomic mass is 10.1. The molecule has 1 aromatic rings. The second-order valence-corrected chi connectivity index (χ2v) is 6.45. The van der Waals surface area contributed by atoms with E-state index in [1.54, 1.807) is 0 Å². The van der Waals surface area contributed by atoms with Crippen molar-refractivity contribution in [3.8, 4) is 5.75 Å². The van der Waals surface area contributed by atoms with Crippen LogP contribution in [-0.2, 0) is 0 Å². The van der Waals surface area contributed by atoms with Gasteiger partial charge in [0.1, 0.15) is 5.75 Å². The molecule has 0 radical (unpaired) electrons. The third-order valence-electron chi connectivity index (χ3n) is 4.42. The van der Waals surface area contributed by atoms with Gasteiger partial charge in [0.25, 0.3) is 0 Å². The van der Waals surface area contributed by atoms with Crippen LogP contribution in [0.1, 0.15) is 51.1 Å². The molecule has 0 bridgehead atoms. The molecule has 1 aliphatic carbocycles. The van der Waals surface area contributed by atoms with Gasteiger partial charge in [0, 0.05) is 18.6 Å². The van der Waals surface area contributed by atoms with Gasteiger partial charge < -0.3 is 15.0 Å². The Balaban J connectivity index is 1.96. The first-order valence-electron chi connectivity index (χ1n) is 8.24. The van der Waals surface area contributed by atoms with Crippen molar-refractivity contribution in [3.05, 3.63) is 29.8 Å². The minimum atomic E-state index is 0.226. The summed E-state index contributed by atoms with van der Waals surface area (Å²) >= 11 is 0. The van der Waals surface area contributed by atoms with Gasteiger partial charge in [-0.3, -0.25) is 0 Å². The number of likely N-dealkylation sites (N-methyl/N-ethyl adjacent to an activating group) is 2. The van der Waals surface area contributed by atoms with Crippen LogP contribution >= 0.6 is 0 Å². The van der Waals surface area contributed by atoms with E-state index >= 15 is 0 Å². The molecule has 0 amide bonds. The molecule has 1 unspecified atom stereocenters. The van der Waals surface area contributed by atoms with Gasteiger partial charge in [-0.25, -0.2) is 0 Å². The summed E-state index contributed by atoms with van der Waals surface area (Å²) in [6.07, 6.45) is 5.72. The van der Waals surface area contributed by atoms with Crippen LogP contribution < -0.4 is 10.1 Å². The first-order chi connectivity index (χ1) is 10.1. The Hall–Kier alpha value is -1.06. The lowest BCUT2D eigenvalue weighted by Gasteiger charge is -2.29. The fourth-order valence-electron chi connectivity index (χ4n) is 3.20. The zero-order valence-corrected chi connectivity index (χ0v) is 13.9. The monoisotopic (exact) mass is 290 g/mol. The van der Waals surface area contributed by atoms with Crippen LogP contribution in [0.4, 0.5) is 0 Å². The predicted molar refractivity (Wildman–Crippen MR) is 88.9 cm³/mol. The average molecular weight is 290 g/mol. The number of nitrogens with one attached hydrogen (secondary N) is 1. The third-order valence-corrected chi connectivity index (χ3v) is 4.42. The van der Waals surface area contributed by atoms with Crippen molar-refractivity contribution >= 4 is 0 Å². The SMILES string of the molecule is CNC(CN(C)C1CCCC1)c1ccc(OC(C)C)cc1. The van der Waals surface area contributed by atoms with Crippen molar-refractivity contribution in [1.82, 2.24) is 10.2 Å². The third kappa shape index (κ3) is 4.72. The molecule has 0 spiro atoms. The smallest absolute Gasteiger partial charge is 0.119 e. The second-order valence-electron chi connectivity index (χ2n) is 6.45. The average Bonchev–Trinajstić information content (AvgIpc) is 2.99. The Morgan fingerprint density at radius 2 is 1.81 bits per heavy atom. The highest BCUT2D eigenvalue weighted by Crippen LogP contribution is 2.25. The molecule has 1 aromatic carbocycles. The van der Waals surface area contributed by atoms with Crippen LogP contribution in [0, 0.1) is 0 Å². The van der Waals surface area contributed by atoms with Crippen molar-refractivity contribution in [3.63, 3.8) is 0 Å². The molecule has 3 nitrogen and oxygen atoms in total. The van der Waals surface area contributed by atoms with E-state index in [4.69, 9.17) is 4.74 Å². The Morgan fingerprint density at radius 1 is 1.19 bits per heavy atom. The Morgan fingerprint density at radius 3 is 2.33 bits per heavy atom. The number of ether oxygens (including phenoxy) is 1. The molecule has 1 aliphatic rings. The highest BCUT2D eigenvalue weighted by molar-refractivity contribution is 5.29. The van der Waals surface area contributed by atoms with E-state index in [1.165, 1.54) is 31.2 Å². The molecule has 2 rings (SSSR count).